The number of halogens is 2. The highest BCUT2D eigenvalue weighted by Gasteiger charge is 2.14. The molecule has 0 radical (unpaired) electrons. The maximum atomic E-state index is 11.7. The molecule has 5 nitrogen and oxygen atoms in total. The van der Waals surface area contributed by atoms with Crippen LogP contribution in [0.25, 0.3) is 0 Å². The Morgan fingerprint density at radius 1 is 1.39 bits per heavy atom. The van der Waals surface area contributed by atoms with Crippen molar-refractivity contribution >= 4 is 39.1 Å². The number of nitrogens with two attached hydrogens (primary N) is 1. The maximum Gasteiger partial charge on any atom is 0.251 e. The molecule has 3 N–H and O–H groups in total. The van der Waals surface area contributed by atoms with Gasteiger partial charge in [0.2, 0.25) is 10.0 Å². The number of hydrogen-bond donors (Lipinski definition) is 2. The van der Waals surface area contributed by atoms with Crippen LogP contribution in [-0.4, -0.2) is 20.9 Å². The fraction of sp³-hybridized carbons (Fsp3) is 0.100. The van der Waals surface area contributed by atoms with Crippen molar-refractivity contribution in [2.75, 3.05) is 6.54 Å². The quantitative estimate of drug-likeness (QED) is 0.882. The predicted octanol–water partition coefficient (Wildman–Crippen LogP) is 1.47. The molecular formula is C10H10Cl2N2O3S. The number of rotatable bonds is 4. The first-order valence-electron chi connectivity index (χ1n) is 4.65. The molecule has 0 saturated carbocycles. The van der Waals surface area contributed by atoms with Gasteiger partial charge in [-0.15, -0.1) is 0 Å². The molecule has 0 aromatic heterocycles. The highest BCUT2D eigenvalue weighted by Crippen LogP contribution is 2.18. The zero-order chi connectivity index (χ0) is 13.9. The normalized spacial score (nSPS) is 11.1. The van der Waals surface area contributed by atoms with E-state index in [2.05, 4.69) is 11.9 Å². The third-order valence-electron chi connectivity index (χ3n) is 1.90. The second-order valence-electron chi connectivity index (χ2n) is 3.42. The van der Waals surface area contributed by atoms with E-state index < -0.39 is 15.9 Å². The molecule has 0 aliphatic heterocycles. The van der Waals surface area contributed by atoms with Gasteiger partial charge in [0.15, 0.2) is 0 Å². The first-order chi connectivity index (χ1) is 8.20. The van der Waals surface area contributed by atoms with E-state index in [-0.39, 0.29) is 27.1 Å². The number of nitrogens with one attached hydrogen (secondary N) is 1. The van der Waals surface area contributed by atoms with Gasteiger partial charge in [-0.1, -0.05) is 29.8 Å². The lowest BCUT2D eigenvalue weighted by molar-refractivity contribution is 0.0957. The number of amides is 1. The monoisotopic (exact) mass is 308 g/mol. The van der Waals surface area contributed by atoms with E-state index in [9.17, 15) is 13.2 Å². The van der Waals surface area contributed by atoms with Crippen LogP contribution >= 0.6 is 23.2 Å². The molecule has 0 aliphatic rings. The number of benzene rings is 1. The van der Waals surface area contributed by atoms with E-state index in [1.54, 1.807) is 0 Å². The van der Waals surface area contributed by atoms with Crippen molar-refractivity contribution in [3.05, 3.63) is 40.4 Å². The predicted molar refractivity (Wildman–Crippen MR) is 70.2 cm³/mol. The summed E-state index contributed by atoms with van der Waals surface area (Å²) in [7, 11) is -3.92. The van der Waals surface area contributed by atoms with E-state index in [0.717, 1.165) is 12.1 Å². The topological polar surface area (TPSA) is 89.3 Å². The average molecular weight is 309 g/mol. The van der Waals surface area contributed by atoms with Crippen LogP contribution < -0.4 is 10.5 Å². The molecule has 0 saturated heterocycles. The van der Waals surface area contributed by atoms with Gasteiger partial charge in [0, 0.05) is 15.6 Å². The van der Waals surface area contributed by atoms with Gasteiger partial charge in [0.05, 0.1) is 11.4 Å². The Morgan fingerprint density at radius 3 is 2.50 bits per heavy atom. The van der Waals surface area contributed by atoms with E-state index in [4.69, 9.17) is 28.3 Å². The Labute approximate surface area is 115 Å². The van der Waals surface area contributed by atoms with Crippen molar-refractivity contribution in [2.24, 2.45) is 5.14 Å². The van der Waals surface area contributed by atoms with Gasteiger partial charge in [-0.05, 0) is 18.2 Å². The first kappa shape index (κ1) is 15.0. The average Bonchev–Trinajstić information content (AvgIpc) is 2.23. The van der Waals surface area contributed by atoms with Crippen LogP contribution in [0.1, 0.15) is 10.4 Å². The minimum Gasteiger partial charge on any atom is -0.347 e. The summed E-state index contributed by atoms with van der Waals surface area (Å²) < 4.78 is 22.4. The van der Waals surface area contributed by atoms with E-state index >= 15 is 0 Å². The van der Waals surface area contributed by atoms with Crippen LogP contribution in [0.4, 0.5) is 0 Å². The van der Waals surface area contributed by atoms with Gasteiger partial charge >= 0.3 is 0 Å². The summed E-state index contributed by atoms with van der Waals surface area (Å²) in [5.41, 5.74) is 0.0736. The van der Waals surface area contributed by atoms with Crippen LogP contribution in [0.2, 0.25) is 5.02 Å². The van der Waals surface area contributed by atoms with Crippen molar-refractivity contribution in [3.8, 4) is 0 Å². The fourth-order valence-corrected chi connectivity index (χ4v) is 2.09. The Bertz CT molecular complexity index is 599. The van der Waals surface area contributed by atoms with Gasteiger partial charge in [-0.25, -0.2) is 13.6 Å². The third-order valence-corrected chi connectivity index (χ3v) is 3.15. The van der Waals surface area contributed by atoms with Gasteiger partial charge in [0.25, 0.3) is 5.91 Å². The molecule has 1 aromatic rings. The second kappa shape index (κ2) is 5.71. The lowest BCUT2D eigenvalue weighted by Crippen LogP contribution is -2.25. The summed E-state index contributed by atoms with van der Waals surface area (Å²) in [6.07, 6.45) is 0. The van der Waals surface area contributed by atoms with Crippen LogP contribution in [0, 0.1) is 0 Å². The summed E-state index contributed by atoms with van der Waals surface area (Å²) in [6, 6.07) is 3.62. The molecule has 1 aromatic carbocycles. The summed E-state index contributed by atoms with van der Waals surface area (Å²) in [6.45, 7) is 3.47. The Morgan fingerprint density at radius 2 is 2.00 bits per heavy atom. The molecule has 8 heteroatoms. The minimum atomic E-state index is -3.92. The van der Waals surface area contributed by atoms with Crippen LogP contribution in [-0.2, 0) is 10.0 Å². The molecule has 0 fully saturated rings. The van der Waals surface area contributed by atoms with Gasteiger partial charge in [-0.3, -0.25) is 4.79 Å². The second-order valence-corrected chi connectivity index (χ2v) is 5.95. The number of carbonyl (C=O) groups excluding carboxylic acids is 1. The highest BCUT2D eigenvalue weighted by molar-refractivity contribution is 7.89. The molecule has 18 heavy (non-hydrogen) atoms. The van der Waals surface area contributed by atoms with Crippen LogP contribution in [0.15, 0.2) is 34.7 Å². The first-order valence-corrected chi connectivity index (χ1v) is 6.95. The molecule has 0 aliphatic carbocycles. The molecule has 0 heterocycles. The maximum absolute atomic E-state index is 11.7. The number of hydrogen-bond acceptors (Lipinski definition) is 3. The molecule has 0 unspecified atom stereocenters. The smallest absolute Gasteiger partial charge is 0.251 e. The SMILES string of the molecule is C=C(Cl)CNC(=O)c1cc(Cl)cc(S(N)(=O)=O)c1. The fourth-order valence-electron chi connectivity index (χ4n) is 1.14. The van der Waals surface area contributed by atoms with E-state index in [1.165, 1.54) is 6.07 Å². The van der Waals surface area contributed by atoms with Crippen molar-refractivity contribution in [1.82, 2.24) is 5.32 Å². The van der Waals surface area contributed by atoms with Crippen LogP contribution in [0.5, 0.6) is 0 Å². The van der Waals surface area contributed by atoms with Crippen LogP contribution in [0.3, 0.4) is 0 Å². The number of primary sulfonamides is 1. The number of carbonyl (C=O) groups is 1. The third kappa shape index (κ3) is 4.30. The molecule has 1 amide bonds. The molecule has 0 bridgehead atoms. The Balaban J connectivity index is 3.07. The number of sulfonamides is 1. The summed E-state index contributed by atoms with van der Waals surface area (Å²) >= 11 is 11.2. The molecule has 98 valence electrons. The Hall–Kier alpha value is -1.08. The highest BCUT2D eigenvalue weighted by atomic mass is 35.5. The lowest BCUT2D eigenvalue weighted by atomic mass is 10.2. The van der Waals surface area contributed by atoms with Crippen molar-refractivity contribution < 1.29 is 13.2 Å². The minimum absolute atomic E-state index is 0.0671. The van der Waals surface area contributed by atoms with Crippen molar-refractivity contribution in [3.63, 3.8) is 0 Å². The molecule has 0 spiro atoms. The summed E-state index contributed by atoms with van der Waals surface area (Å²) in [5, 5.41) is 7.74. The van der Waals surface area contributed by atoms with E-state index in [0.29, 0.717) is 0 Å². The van der Waals surface area contributed by atoms with Crippen molar-refractivity contribution in [1.29, 1.82) is 0 Å². The van der Waals surface area contributed by atoms with Gasteiger partial charge in [-0.2, -0.15) is 0 Å². The van der Waals surface area contributed by atoms with Crippen molar-refractivity contribution in [2.45, 2.75) is 4.90 Å². The molecular weight excluding hydrogens is 299 g/mol. The zero-order valence-electron chi connectivity index (χ0n) is 9.11. The van der Waals surface area contributed by atoms with E-state index in [1.807, 2.05) is 0 Å². The zero-order valence-corrected chi connectivity index (χ0v) is 11.4. The standard InChI is InChI=1S/C10H10Cl2N2O3S/c1-6(11)5-14-10(15)7-2-8(12)4-9(3-7)18(13,16)17/h2-4H,1,5H2,(H,14,15)(H2,13,16,17). The molecule has 1 rings (SSSR count). The summed E-state index contributed by atoms with van der Waals surface area (Å²) in [4.78, 5) is 11.4. The lowest BCUT2D eigenvalue weighted by Gasteiger charge is -2.06. The van der Waals surface area contributed by atoms with Gasteiger partial charge < -0.3 is 5.32 Å². The summed E-state index contributed by atoms with van der Waals surface area (Å²) in [5.74, 6) is -0.524. The largest absolute Gasteiger partial charge is 0.347 e. The van der Waals surface area contributed by atoms with Gasteiger partial charge in [0.1, 0.15) is 0 Å². The Kier molecular flexibility index (Phi) is 4.75. The molecule has 0 atom stereocenters.